The maximum absolute atomic E-state index is 13.9. The van der Waals surface area contributed by atoms with E-state index in [0.29, 0.717) is 17.3 Å². The molecule has 1 heterocycles. The van der Waals surface area contributed by atoms with Gasteiger partial charge in [-0.3, -0.25) is 9.59 Å². The van der Waals surface area contributed by atoms with Gasteiger partial charge in [0.15, 0.2) is 0 Å². The Labute approximate surface area is 184 Å². The molecule has 3 rings (SSSR count). The van der Waals surface area contributed by atoms with E-state index in [9.17, 15) is 26.8 Å². The van der Waals surface area contributed by atoms with Crippen molar-refractivity contribution in [1.82, 2.24) is 9.62 Å². The summed E-state index contributed by atoms with van der Waals surface area (Å²) in [5, 5.41) is 5.16. The number of nitrogens with zero attached hydrogens (tertiary/aromatic N) is 1. The average molecular weight is 461 g/mol. The molecule has 2 aromatic rings. The lowest BCUT2D eigenvalue weighted by molar-refractivity contribution is -0.128. The van der Waals surface area contributed by atoms with Crippen molar-refractivity contribution in [1.29, 1.82) is 0 Å². The number of nitrogens with one attached hydrogen (secondary N) is 2. The van der Waals surface area contributed by atoms with Crippen LogP contribution in [0.5, 0.6) is 0 Å². The zero-order valence-corrected chi connectivity index (χ0v) is 17.8. The normalized spacial score (nSPS) is 15.0. The van der Waals surface area contributed by atoms with Crippen molar-refractivity contribution in [2.24, 2.45) is 5.92 Å². The molecule has 0 saturated carbocycles. The minimum atomic E-state index is -4.22. The minimum absolute atomic E-state index is 0.0263. The number of terminal acetylenes is 1. The number of piperidine rings is 1. The van der Waals surface area contributed by atoms with Gasteiger partial charge in [-0.1, -0.05) is 12.0 Å². The number of halogens is 2. The quantitative estimate of drug-likeness (QED) is 0.644. The maximum Gasteiger partial charge on any atom is 0.246 e. The second-order valence-corrected chi connectivity index (χ2v) is 9.15. The van der Waals surface area contributed by atoms with Crippen LogP contribution >= 0.6 is 0 Å². The zero-order valence-electron chi connectivity index (χ0n) is 17.0. The number of sulfonamides is 1. The molecule has 0 radical (unpaired) electrons. The molecule has 32 heavy (non-hydrogen) atoms. The second-order valence-electron chi connectivity index (χ2n) is 7.24. The lowest BCUT2D eigenvalue weighted by atomic mass is 9.97. The van der Waals surface area contributed by atoms with Crippen molar-refractivity contribution in [3.63, 3.8) is 0 Å². The Morgan fingerprint density at radius 1 is 1.12 bits per heavy atom. The van der Waals surface area contributed by atoms with Crippen LogP contribution in [0.4, 0.5) is 14.5 Å². The summed E-state index contributed by atoms with van der Waals surface area (Å²) in [5.74, 6) is -0.760. The highest BCUT2D eigenvalue weighted by atomic mass is 32.2. The molecule has 168 valence electrons. The van der Waals surface area contributed by atoms with E-state index in [1.807, 2.05) is 0 Å². The third kappa shape index (κ3) is 5.49. The van der Waals surface area contributed by atoms with Gasteiger partial charge >= 0.3 is 0 Å². The summed E-state index contributed by atoms with van der Waals surface area (Å²) in [6.07, 6.45) is 5.69. The van der Waals surface area contributed by atoms with Crippen LogP contribution in [0.2, 0.25) is 0 Å². The number of carbonyl (C=O) groups excluding carboxylic acids is 2. The van der Waals surface area contributed by atoms with Gasteiger partial charge in [0.1, 0.15) is 16.5 Å². The number of rotatable bonds is 6. The SMILES string of the molecule is C#Cc1cccc(NC(=O)CNC(=O)C2CCN(S(=O)(=O)c3cc(F)ccc3F)CC2)c1. The summed E-state index contributed by atoms with van der Waals surface area (Å²) in [7, 11) is -4.22. The Hall–Kier alpha value is -3.29. The fraction of sp³-hybridized carbons (Fsp3) is 0.273. The van der Waals surface area contributed by atoms with Crippen LogP contribution in [0.1, 0.15) is 18.4 Å². The smallest absolute Gasteiger partial charge is 0.246 e. The predicted octanol–water partition coefficient (Wildman–Crippen LogP) is 2.10. The third-order valence-electron chi connectivity index (χ3n) is 5.07. The van der Waals surface area contributed by atoms with Gasteiger partial charge in [-0.25, -0.2) is 17.2 Å². The molecule has 1 aliphatic rings. The van der Waals surface area contributed by atoms with E-state index in [2.05, 4.69) is 16.6 Å². The summed E-state index contributed by atoms with van der Waals surface area (Å²) < 4.78 is 53.6. The molecule has 0 spiro atoms. The van der Waals surface area contributed by atoms with E-state index in [1.54, 1.807) is 24.3 Å². The van der Waals surface area contributed by atoms with E-state index in [1.165, 1.54) is 0 Å². The highest BCUT2D eigenvalue weighted by Gasteiger charge is 2.33. The average Bonchev–Trinajstić information content (AvgIpc) is 2.79. The van der Waals surface area contributed by atoms with Crippen molar-refractivity contribution in [3.05, 3.63) is 59.7 Å². The monoisotopic (exact) mass is 461 g/mol. The highest BCUT2D eigenvalue weighted by molar-refractivity contribution is 7.89. The standard InChI is InChI=1S/C22H21F2N3O4S/c1-2-15-4-3-5-18(12-15)26-21(28)14-25-22(29)16-8-10-27(11-9-16)32(30,31)20-13-17(23)6-7-19(20)24/h1,3-7,12-13,16H,8-11,14H2,(H,25,29)(H,26,28). The van der Waals surface area contributed by atoms with Gasteiger partial charge in [0.2, 0.25) is 21.8 Å². The summed E-state index contributed by atoms with van der Waals surface area (Å²) in [4.78, 5) is 23.7. The van der Waals surface area contributed by atoms with Crippen LogP contribution in [0.15, 0.2) is 47.4 Å². The van der Waals surface area contributed by atoms with Crippen LogP contribution in [-0.4, -0.2) is 44.2 Å². The van der Waals surface area contributed by atoms with E-state index >= 15 is 0 Å². The molecule has 0 bridgehead atoms. The van der Waals surface area contributed by atoms with Gasteiger partial charge < -0.3 is 10.6 Å². The van der Waals surface area contributed by atoms with E-state index in [0.717, 1.165) is 16.4 Å². The highest BCUT2D eigenvalue weighted by Crippen LogP contribution is 2.26. The van der Waals surface area contributed by atoms with Gasteiger partial charge in [-0.05, 0) is 49.2 Å². The molecule has 1 fully saturated rings. The van der Waals surface area contributed by atoms with Gasteiger partial charge in [0, 0.05) is 30.3 Å². The number of amides is 2. The molecule has 1 saturated heterocycles. The Balaban J connectivity index is 1.51. The van der Waals surface area contributed by atoms with Crippen LogP contribution in [0.25, 0.3) is 0 Å². The Bertz CT molecular complexity index is 1170. The Morgan fingerprint density at radius 3 is 2.53 bits per heavy atom. The summed E-state index contributed by atoms with van der Waals surface area (Å²) in [6.45, 7) is -0.310. The molecule has 0 unspecified atom stereocenters. The van der Waals surface area contributed by atoms with Crippen LogP contribution in [-0.2, 0) is 19.6 Å². The molecule has 1 aliphatic heterocycles. The Morgan fingerprint density at radius 2 is 1.84 bits per heavy atom. The number of carbonyl (C=O) groups is 2. The minimum Gasteiger partial charge on any atom is -0.347 e. The van der Waals surface area contributed by atoms with E-state index in [4.69, 9.17) is 6.42 Å². The van der Waals surface area contributed by atoms with Gasteiger partial charge in [0.25, 0.3) is 0 Å². The first kappa shape index (κ1) is 23.4. The zero-order chi connectivity index (χ0) is 23.3. The van der Waals surface area contributed by atoms with Crippen LogP contribution in [0.3, 0.4) is 0 Å². The predicted molar refractivity (Wildman–Crippen MR) is 114 cm³/mol. The molecular formula is C22H21F2N3O4S. The van der Waals surface area contributed by atoms with Crippen molar-refractivity contribution < 1.29 is 26.8 Å². The van der Waals surface area contributed by atoms with Gasteiger partial charge in [-0.2, -0.15) is 4.31 Å². The molecule has 7 nitrogen and oxygen atoms in total. The number of hydrogen-bond acceptors (Lipinski definition) is 4. The first-order chi connectivity index (χ1) is 15.2. The maximum atomic E-state index is 13.9. The lowest BCUT2D eigenvalue weighted by Gasteiger charge is -2.30. The van der Waals surface area contributed by atoms with Crippen LogP contribution < -0.4 is 10.6 Å². The number of hydrogen-bond donors (Lipinski definition) is 2. The number of anilines is 1. The van der Waals surface area contributed by atoms with Crippen LogP contribution in [0, 0.1) is 29.9 Å². The summed E-state index contributed by atoms with van der Waals surface area (Å²) in [5.41, 5.74) is 1.11. The summed E-state index contributed by atoms with van der Waals surface area (Å²) >= 11 is 0. The number of benzene rings is 2. The topological polar surface area (TPSA) is 95.6 Å². The lowest BCUT2D eigenvalue weighted by Crippen LogP contribution is -2.44. The van der Waals surface area contributed by atoms with E-state index in [-0.39, 0.29) is 38.4 Å². The van der Waals surface area contributed by atoms with Crippen molar-refractivity contribution >= 4 is 27.5 Å². The van der Waals surface area contributed by atoms with Crippen molar-refractivity contribution in [2.45, 2.75) is 17.7 Å². The third-order valence-corrected chi connectivity index (χ3v) is 6.99. The van der Waals surface area contributed by atoms with Crippen molar-refractivity contribution in [2.75, 3.05) is 25.0 Å². The Kier molecular flexibility index (Phi) is 7.22. The molecule has 2 N–H and O–H groups in total. The van der Waals surface area contributed by atoms with Gasteiger partial charge in [0.05, 0.1) is 6.54 Å². The molecule has 10 heteroatoms. The molecular weight excluding hydrogens is 440 g/mol. The fourth-order valence-corrected chi connectivity index (χ4v) is 4.92. The summed E-state index contributed by atoms with van der Waals surface area (Å²) in [6, 6.07) is 8.94. The molecule has 0 aliphatic carbocycles. The van der Waals surface area contributed by atoms with Crippen molar-refractivity contribution in [3.8, 4) is 12.3 Å². The molecule has 2 aromatic carbocycles. The van der Waals surface area contributed by atoms with Gasteiger partial charge in [-0.15, -0.1) is 6.42 Å². The molecule has 0 atom stereocenters. The van der Waals surface area contributed by atoms with E-state index < -0.39 is 38.4 Å². The second kappa shape index (κ2) is 9.89. The fourth-order valence-electron chi connectivity index (χ4n) is 3.38. The first-order valence-corrected chi connectivity index (χ1v) is 11.2. The molecule has 0 aromatic heterocycles. The largest absolute Gasteiger partial charge is 0.347 e. The molecule has 2 amide bonds. The first-order valence-electron chi connectivity index (χ1n) is 9.80.